The van der Waals surface area contributed by atoms with E-state index in [0.29, 0.717) is 17.7 Å². The number of ether oxygens (including phenoxy) is 1. The van der Waals surface area contributed by atoms with Crippen LogP contribution in [0.2, 0.25) is 0 Å². The van der Waals surface area contributed by atoms with Gasteiger partial charge in [-0.1, -0.05) is 18.2 Å². The maximum absolute atomic E-state index is 13.1. The first-order chi connectivity index (χ1) is 14.1. The van der Waals surface area contributed by atoms with Gasteiger partial charge in [-0.25, -0.2) is 13.2 Å². The molecule has 9 nitrogen and oxygen atoms in total. The van der Waals surface area contributed by atoms with Crippen molar-refractivity contribution in [3.8, 4) is 5.75 Å². The number of nitrogens with one attached hydrogen (secondary N) is 1. The first-order valence-corrected chi connectivity index (χ1v) is 11.3. The van der Waals surface area contributed by atoms with Gasteiger partial charge in [0.1, 0.15) is 17.8 Å². The summed E-state index contributed by atoms with van der Waals surface area (Å²) in [6.07, 6.45) is 1.82. The van der Waals surface area contributed by atoms with E-state index in [9.17, 15) is 22.8 Å². The number of benzene rings is 1. The van der Waals surface area contributed by atoms with Crippen LogP contribution in [0.4, 0.5) is 4.79 Å². The summed E-state index contributed by atoms with van der Waals surface area (Å²) in [4.78, 5) is 40.7. The molecule has 0 radical (unpaired) electrons. The molecule has 1 N–H and O–H groups in total. The third-order valence-corrected chi connectivity index (χ3v) is 7.28. The van der Waals surface area contributed by atoms with Gasteiger partial charge in [0.2, 0.25) is 5.91 Å². The highest BCUT2D eigenvalue weighted by atomic mass is 32.2. The number of nitrogens with zero attached hydrogens (tertiary/aromatic N) is 2. The molecule has 4 amide bonds. The zero-order valence-corrected chi connectivity index (χ0v) is 17.8. The summed E-state index contributed by atoms with van der Waals surface area (Å²) < 4.78 is 28.7. The number of rotatable bonds is 7. The molecule has 0 bridgehead atoms. The molecule has 0 saturated carbocycles. The summed E-state index contributed by atoms with van der Waals surface area (Å²) >= 11 is 0. The molecule has 2 saturated heterocycles. The molecule has 2 aliphatic rings. The molecule has 2 atom stereocenters. The number of hydrogen-bond acceptors (Lipinski definition) is 6. The third kappa shape index (κ3) is 4.04. The van der Waals surface area contributed by atoms with Gasteiger partial charge in [-0.2, -0.15) is 0 Å². The second-order valence-electron chi connectivity index (χ2n) is 7.57. The van der Waals surface area contributed by atoms with Crippen LogP contribution < -0.4 is 10.1 Å². The second-order valence-corrected chi connectivity index (χ2v) is 9.80. The van der Waals surface area contributed by atoms with Crippen LogP contribution in [0.1, 0.15) is 18.9 Å². The van der Waals surface area contributed by atoms with E-state index in [2.05, 4.69) is 11.9 Å². The first-order valence-electron chi connectivity index (χ1n) is 9.50. The first kappa shape index (κ1) is 21.8. The van der Waals surface area contributed by atoms with Crippen molar-refractivity contribution in [2.75, 3.05) is 31.7 Å². The Balaban J connectivity index is 1.78. The molecule has 0 aromatic heterocycles. The van der Waals surface area contributed by atoms with Crippen molar-refractivity contribution < 1.29 is 27.5 Å². The van der Waals surface area contributed by atoms with E-state index in [-0.39, 0.29) is 18.1 Å². The number of hydrogen-bond donors (Lipinski definition) is 1. The Morgan fingerprint density at radius 2 is 2.03 bits per heavy atom. The lowest BCUT2D eigenvalue weighted by molar-refractivity contribution is -0.139. The lowest BCUT2D eigenvalue weighted by atomic mass is 9.92. The molecular formula is C20H25N3O6S. The highest BCUT2D eigenvalue weighted by molar-refractivity contribution is 7.91. The lowest BCUT2D eigenvalue weighted by Crippen LogP contribution is -2.48. The van der Waals surface area contributed by atoms with Crippen molar-refractivity contribution >= 4 is 27.7 Å². The monoisotopic (exact) mass is 435 g/mol. The van der Waals surface area contributed by atoms with Gasteiger partial charge in [0, 0.05) is 12.6 Å². The Morgan fingerprint density at radius 3 is 2.57 bits per heavy atom. The van der Waals surface area contributed by atoms with E-state index in [4.69, 9.17) is 4.74 Å². The number of imide groups is 1. The maximum Gasteiger partial charge on any atom is 0.325 e. The van der Waals surface area contributed by atoms with E-state index >= 15 is 0 Å². The number of methoxy groups -OCH3 is 1. The quantitative estimate of drug-likeness (QED) is 0.497. The topological polar surface area (TPSA) is 113 Å². The predicted octanol–water partition coefficient (Wildman–Crippen LogP) is 0.664. The van der Waals surface area contributed by atoms with Gasteiger partial charge in [-0.15, -0.1) is 6.58 Å². The van der Waals surface area contributed by atoms with Crippen LogP contribution in [0.5, 0.6) is 5.75 Å². The standard InChI is InChI=1S/C20H25N3O6S/c1-4-10-22(15-9-11-30(27,28)13-15)17(24)12-23-18(25)20(2,21-19(23)26)14-5-7-16(29-3)8-6-14/h4-8,15H,1,9-13H2,2-3H3,(H,21,26). The summed E-state index contributed by atoms with van der Waals surface area (Å²) in [5, 5.41) is 2.65. The third-order valence-electron chi connectivity index (χ3n) is 5.53. The molecular weight excluding hydrogens is 410 g/mol. The van der Waals surface area contributed by atoms with Crippen molar-refractivity contribution in [2.45, 2.75) is 24.9 Å². The Hall–Kier alpha value is -2.88. The molecule has 3 rings (SSSR count). The fourth-order valence-corrected chi connectivity index (χ4v) is 5.53. The van der Waals surface area contributed by atoms with Crippen LogP contribution in [-0.2, 0) is 25.0 Å². The zero-order chi connectivity index (χ0) is 22.1. The minimum absolute atomic E-state index is 0.0112. The number of urea groups is 1. The molecule has 2 unspecified atom stereocenters. The minimum atomic E-state index is -3.20. The van der Waals surface area contributed by atoms with Crippen molar-refractivity contribution in [3.05, 3.63) is 42.5 Å². The Labute approximate surface area is 175 Å². The maximum atomic E-state index is 13.1. The molecule has 30 heavy (non-hydrogen) atoms. The smallest absolute Gasteiger partial charge is 0.325 e. The van der Waals surface area contributed by atoms with Crippen LogP contribution in [0.15, 0.2) is 36.9 Å². The lowest BCUT2D eigenvalue weighted by Gasteiger charge is -2.28. The van der Waals surface area contributed by atoms with Crippen LogP contribution in [-0.4, -0.2) is 73.8 Å². The summed E-state index contributed by atoms with van der Waals surface area (Å²) in [7, 11) is -1.67. The highest BCUT2D eigenvalue weighted by Crippen LogP contribution is 2.30. The normalized spacial score (nSPS) is 25.1. The van der Waals surface area contributed by atoms with Gasteiger partial charge in [0.15, 0.2) is 9.84 Å². The van der Waals surface area contributed by atoms with Crippen LogP contribution in [0.3, 0.4) is 0 Å². The van der Waals surface area contributed by atoms with Crippen molar-refractivity contribution in [1.82, 2.24) is 15.1 Å². The van der Waals surface area contributed by atoms with E-state index in [0.717, 1.165) is 4.90 Å². The van der Waals surface area contributed by atoms with E-state index in [1.807, 2.05) is 0 Å². The fourth-order valence-electron chi connectivity index (χ4n) is 3.80. The molecule has 1 aromatic carbocycles. The average Bonchev–Trinajstić information content (AvgIpc) is 3.17. The molecule has 0 aliphatic carbocycles. The zero-order valence-electron chi connectivity index (χ0n) is 17.0. The number of sulfone groups is 1. The summed E-state index contributed by atoms with van der Waals surface area (Å²) in [6, 6.07) is 5.55. The average molecular weight is 436 g/mol. The van der Waals surface area contributed by atoms with Crippen LogP contribution >= 0.6 is 0 Å². The number of carbonyl (C=O) groups excluding carboxylic acids is 3. The van der Waals surface area contributed by atoms with E-state index < -0.39 is 45.8 Å². The van der Waals surface area contributed by atoms with E-state index in [1.54, 1.807) is 31.2 Å². The summed E-state index contributed by atoms with van der Waals surface area (Å²) in [6.45, 7) is 4.86. The Kier molecular flexibility index (Phi) is 5.89. The van der Waals surface area contributed by atoms with Gasteiger partial charge in [-0.05, 0) is 31.0 Å². The molecule has 2 aliphatic heterocycles. The Bertz CT molecular complexity index is 975. The van der Waals surface area contributed by atoms with Gasteiger partial charge in [-0.3, -0.25) is 14.5 Å². The summed E-state index contributed by atoms with van der Waals surface area (Å²) in [5.41, 5.74) is -0.759. The van der Waals surface area contributed by atoms with E-state index in [1.165, 1.54) is 18.1 Å². The molecule has 1 aromatic rings. The fraction of sp³-hybridized carbons (Fsp3) is 0.450. The largest absolute Gasteiger partial charge is 0.497 e. The van der Waals surface area contributed by atoms with Gasteiger partial charge in [0.25, 0.3) is 5.91 Å². The predicted molar refractivity (Wildman–Crippen MR) is 110 cm³/mol. The number of carbonyl (C=O) groups is 3. The summed E-state index contributed by atoms with van der Waals surface area (Å²) in [5.74, 6) is -0.561. The van der Waals surface area contributed by atoms with Crippen LogP contribution in [0.25, 0.3) is 0 Å². The Morgan fingerprint density at radius 1 is 1.37 bits per heavy atom. The van der Waals surface area contributed by atoms with Crippen LogP contribution in [0, 0.1) is 0 Å². The van der Waals surface area contributed by atoms with Gasteiger partial charge >= 0.3 is 6.03 Å². The van der Waals surface area contributed by atoms with Crippen molar-refractivity contribution in [2.24, 2.45) is 0 Å². The van der Waals surface area contributed by atoms with Gasteiger partial charge in [0.05, 0.1) is 18.6 Å². The molecule has 2 fully saturated rings. The molecule has 10 heteroatoms. The molecule has 0 spiro atoms. The molecule has 2 heterocycles. The molecule has 162 valence electrons. The van der Waals surface area contributed by atoms with Crippen molar-refractivity contribution in [3.63, 3.8) is 0 Å². The van der Waals surface area contributed by atoms with Gasteiger partial charge < -0.3 is 15.0 Å². The number of amides is 4. The SMILES string of the molecule is C=CCN(C(=O)CN1C(=O)NC(C)(c2ccc(OC)cc2)C1=O)C1CCS(=O)(=O)C1. The minimum Gasteiger partial charge on any atom is -0.497 e. The van der Waals surface area contributed by atoms with Crippen molar-refractivity contribution in [1.29, 1.82) is 0 Å². The second kappa shape index (κ2) is 8.10. The highest BCUT2D eigenvalue weighted by Gasteiger charge is 2.50.